The van der Waals surface area contributed by atoms with Crippen LogP contribution in [-0.2, 0) is 12.8 Å². The highest BCUT2D eigenvalue weighted by atomic mass is 35.5. The number of carbonyl (C=O) groups excluding carboxylic acids is 1. The lowest BCUT2D eigenvalue weighted by molar-refractivity contribution is 0.0576. The summed E-state index contributed by atoms with van der Waals surface area (Å²) in [6.45, 7) is 4.89. The summed E-state index contributed by atoms with van der Waals surface area (Å²) in [6, 6.07) is 8.36. The Balaban J connectivity index is 0.00000210. The highest BCUT2D eigenvalue weighted by Crippen LogP contribution is 2.31. The molecule has 2 N–H and O–H groups in total. The molecule has 0 radical (unpaired) electrons. The summed E-state index contributed by atoms with van der Waals surface area (Å²) in [7, 11) is 0. The predicted octanol–water partition coefficient (Wildman–Crippen LogP) is 3.43. The van der Waals surface area contributed by atoms with E-state index in [1.165, 1.54) is 11.3 Å². The zero-order chi connectivity index (χ0) is 18.3. The second-order valence-corrected chi connectivity index (χ2v) is 7.75. The zero-order valence-electron chi connectivity index (χ0n) is 16.1. The van der Waals surface area contributed by atoms with Crippen molar-refractivity contribution in [1.82, 2.24) is 14.7 Å². The van der Waals surface area contributed by atoms with Crippen molar-refractivity contribution in [3.8, 4) is 5.69 Å². The van der Waals surface area contributed by atoms with E-state index in [0.717, 1.165) is 56.3 Å². The third-order valence-electron chi connectivity index (χ3n) is 5.89. The second-order valence-electron chi connectivity index (χ2n) is 7.75. The maximum atomic E-state index is 13.4. The van der Waals surface area contributed by atoms with Crippen LogP contribution in [0.15, 0.2) is 24.3 Å². The molecule has 1 aromatic heterocycles. The lowest BCUT2D eigenvalue weighted by Crippen LogP contribution is -2.51. The molecule has 0 saturated carbocycles. The van der Waals surface area contributed by atoms with Gasteiger partial charge >= 0.3 is 0 Å². The quantitative estimate of drug-likeness (QED) is 0.875. The lowest BCUT2D eigenvalue weighted by Gasteiger charge is -2.37. The summed E-state index contributed by atoms with van der Waals surface area (Å²) in [5, 5.41) is 4.82. The van der Waals surface area contributed by atoms with Crippen LogP contribution in [0.1, 0.15) is 59.9 Å². The van der Waals surface area contributed by atoms with E-state index in [2.05, 4.69) is 19.1 Å². The molecule has 1 fully saturated rings. The van der Waals surface area contributed by atoms with Gasteiger partial charge in [0, 0.05) is 29.9 Å². The number of hydrogen-bond acceptors (Lipinski definition) is 3. The van der Waals surface area contributed by atoms with E-state index in [9.17, 15) is 4.79 Å². The molecule has 1 amide bonds. The molecule has 0 spiro atoms. The van der Waals surface area contributed by atoms with E-state index in [4.69, 9.17) is 10.8 Å². The summed E-state index contributed by atoms with van der Waals surface area (Å²) in [5.41, 5.74) is 11.4. The smallest absolute Gasteiger partial charge is 0.274 e. The van der Waals surface area contributed by atoms with Crippen molar-refractivity contribution in [2.75, 3.05) is 6.54 Å². The van der Waals surface area contributed by atoms with Crippen molar-refractivity contribution < 1.29 is 4.79 Å². The van der Waals surface area contributed by atoms with Gasteiger partial charge in [-0.15, -0.1) is 12.4 Å². The van der Waals surface area contributed by atoms with Crippen molar-refractivity contribution in [2.45, 2.75) is 64.5 Å². The number of nitrogens with two attached hydrogens (primary N) is 1. The molecule has 1 aromatic carbocycles. The number of likely N-dealkylation sites (tertiary alicyclic amines) is 1. The highest BCUT2D eigenvalue weighted by Gasteiger charge is 2.35. The molecular weight excluding hydrogens is 360 g/mol. The first-order valence-corrected chi connectivity index (χ1v) is 9.81. The number of carbonyl (C=O) groups is 1. The van der Waals surface area contributed by atoms with Gasteiger partial charge in [0.25, 0.3) is 5.91 Å². The van der Waals surface area contributed by atoms with E-state index in [-0.39, 0.29) is 30.4 Å². The molecule has 1 saturated heterocycles. The Labute approximate surface area is 167 Å². The van der Waals surface area contributed by atoms with Gasteiger partial charge in [-0.2, -0.15) is 5.10 Å². The molecule has 4 rings (SSSR count). The van der Waals surface area contributed by atoms with Crippen molar-refractivity contribution in [3.05, 3.63) is 46.8 Å². The Morgan fingerprint density at radius 2 is 2.00 bits per heavy atom. The summed E-state index contributed by atoms with van der Waals surface area (Å²) in [6.07, 6.45) is 6.21. The van der Waals surface area contributed by atoms with E-state index in [1.807, 2.05) is 28.6 Å². The van der Waals surface area contributed by atoms with Crippen LogP contribution in [0.3, 0.4) is 0 Å². The van der Waals surface area contributed by atoms with Gasteiger partial charge in [-0.25, -0.2) is 4.68 Å². The number of amides is 1. The topological polar surface area (TPSA) is 64.2 Å². The molecule has 6 heteroatoms. The fraction of sp³-hybridized carbons (Fsp3) is 0.524. The number of halogens is 1. The van der Waals surface area contributed by atoms with E-state index < -0.39 is 0 Å². The first-order valence-electron chi connectivity index (χ1n) is 9.81. The van der Waals surface area contributed by atoms with Gasteiger partial charge in [-0.05, 0) is 64.0 Å². The zero-order valence-corrected chi connectivity index (χ0v) is 17.0. The number of nitrogens with zero attached hydrogens (tertiary/aromatic N) is 3. The van der Waals surface area contributed by atoms with Crippen LogP contribution in [0.25, 0.3) is 5.69 Å². The van der Waals surface area contributed by atoms with Crippen LogP contribution in [-0.4, -0.2) is 39.2 Å². The Morgan fingerprint density at radius 1 is 1.22 bits per heavy atom. The third-order valence-corrected chi connectivity index (χ3v) is 5.89. The normalized spacial score (nSPS) is 20.1. The van der Waals surface area contributed by atoms with Crippen LogP contribution in [0.4, 0.5) is 0 Å². The van der Waals surface area contributed by atoms with Crippen LogP contribution in [0.5, 0.6) is 0 Å². The molecular formula is C21H29ClN4O. The fourth-order valence-electron chi connectivity index (χ4n) is 4.50. The molecule has 2 atom stereocenters. The van der Waals surface area contributed by atoms with Gasteiger partial charge in [0.15, 0.2) is 5.69 Å². The largest absolute Gasteiger partial charge is 0.333 e. The average Bonchev–Trinajstić information content (AvgIpc) is 3.24. The Morgan fingerprint density at radius 3 is 2.74 bits per heavy atom. The van der Waals surface area contributed by atoms with E-state index in [1.54, 1.807) is 0 Å². The number of rotatable bonds is 3. The standard InChI is InChI=1S/C21H28N4O.ClH/c1-14-8-3-4-10-17(14)25-19-12-7-9-16(19)20(23-25)21(26)24-13-6-5-11-18(24)15(2)22;/h3-4,8,10,15,18H,5-7,9,11-13,22H2,1-2H3;1H. The Hall–Kier alpha value is -1.85. The van der Waals surface area contributed by atoms with Crippen molar-refractivity contribution in [3.63, 3.8) is 0 Å². The van der Waals surface area contributed by atoms with Gasteiger partial charge in [0.1, 0.15) is 0 Å². The van der Waals surface area contributed by atoms with Crippen molar-refractivity contribution in [2.24, 2.45) is 5.73 Å². The molecule has 1 aliphatic carbocycles. The van der Waals surface area contributed by atoms with Gasteiger partial charge in [-0.3, -0.25) is 4.79 Å². The second kappa shape index (κ2) is 8.03. The molecule has 146 valence electrons. The third kappa shape index (κ3) is 3.50. The minimum absolute atomic E-state index is 0. The predicted molar refractivity (Wildman–Crippen MR) is 110 cm³/mol. The van der Waals surface area contributed by atoms with Gasteiger partial charge in [0.2, 0.25) is 0 Å². The van der Waals surface area contributed by atoms with E-state index >= 15 is 0 Å². The molecule has 5 nitrogen and oxygen atoms in total. The monoisotopic (exact) mass is 388 g/mol. The molecule has 1 aliphatic heterocycles. The molecule has 0 bridgehead atoms. The van der Waals surface area contributed by atoms with Crippen LogP contribution < -0.4 is 5.73 Å². The molecule has 2 aliphatic rings. The number of benzene rings is 1. The maximum Gasteiger partial charge on any atom is 0.274 e. The average molecular weight is 389 g/mol. The number of piperidine rings is 1. The Bertz CT molecular complexity index is 830. The Kier molecular flexibility index (Phi) is 5.92. The number of aryl methyl sites for hydroxylation is 1. The van der Waals surface area contributed by atoms with Crippen LogP contribution >= 0.6 is 12.4 Å². The number of hydrogen-bond donors (Lipinski definition) is 1. The van der Waals surface area contributed by atoms with E-state index in [0.29, 0.717) is 5.69 Å². The molecule has 2 unspecified atom stereocenters. The fourth-order valence-corrected chi connectivity index (χ4v) is 4.50. The number of para-hydroxylation sites is 1. The minimum Gasteiger partial charge on any atom is -0.333 e. The number of aromatic nitrogens is 2. The molecule has 2 heterocycles. The summed E-state index contributed by atoms with van der Waals surface area (Å²) in [4.78, 5) is 15.4. The van der Waals surface area contributed by atoms with Gasteiger partial charge in [0.05, 0.1) is 5.69 Å². The summed E-state index contributed by atoms with van der Waals surface area (Å²) in [5.74, 6) is 0.0671. The highest BCUT2D eigenvalue weighted by molar-refractivity contribution is 5.94. The first kappa shape index (κ1) is 19.9. The van der Waals surface area contributed by atoms with Gasteiger partial charge in [-0.1, -0.05) is 18.2 Å². The molecule has 2 aromatic rings. The van der Waals surface area contributed by atoms with Gasteiger partial charge < -0.3 is 10.6 Å². The molecule has 27 heavy (non-hydrogen) atoms. The van der Waals surface area contributed by atoms with Crippen molar-refractivity contribution >= 4 is 18.3 Å². The minimum atomic E-state index is -0.00856. The van der Waals surface area contributed by atoms with Crippen molar-refractivity contribution in [1.29, 1.82) is 0 Å². The first-order chi connectivity index (χ1) is 12.6. The summed E-state index contributed by atoms with van der Waals surface area (Å²) < 4.78 is 2.01. The SMILES string of the molecule is Cc1ccccc1-n1nc(C(=O)N2CCCCC2C(C)N)c2c1CCC2.Cl. The number of fused-ring (bicyclic) bond motifs is 1. The van der Waals surface area contributed by atoms with Crippen LogP contribution in [0.2, 0.25) is 0 Å². The van der Waals surface area contributed by atoms with Crippen LogP contribution in [0, 0.1) is 6.92 Å². The lowest BCUT2D eigenvalue weighted by atomic mass is 9.96. The summed E-state index contributed by atoms with van der Waals surface area (Å²) >= 11 is 0. The maximum absolute atomic E-state index is 13.4.